The van der Waals surface area contributed by atoms with Gasteiger partial charge in [0, 0.05) is 18.5 Å². The molecule has 2 rings (SSSR count). The third-order valence-electron chi connectivity index (χ3n) is 1.69. The van der Waals surface area contributed by atoms with E-state index in [0.717, 1.165) is 6.54 Å². The molecular weight excluding hydrogens is 156 g/mol. The molecule has 1 aliphatic heterocycles. The van der Waals surface area contributed by atoms with Crippen LogP contribution >= 0.6 is 11.9 Å². The highest BCUT2D eigenvalue weighted by Crippen LogP contribution is 2.26. The van der Waals surface area contributed by atoms with E-state index in [-0.39, 0.29) is 0 Å². The lowest BCUT2D eigenvalue weighted by atomic mass is 10.4. The number of hydrogen-bond acceptors (Lipinski definition) is 3. The third kappa shape index (κ3) is 1.48. The lowest BCUT2D eigenvalue weighted by molar-refractivity contribution is 0.986. The van der Waals surface area contributed by atoms with Gasteiger partial charge in [-0.1, -0.05) is 0 Å². The van der Waals surface area contributed by atoms with Crippen LogP contribution in [-0.2, 0) is 0 Å². The first-order chi connectivity index (χ1) is 5.47. The van der Waals surface area contributed by atoms with Crippen molar-refractivity contribution in [3.63, 3.8) is 0 Å². The van der Waals surface area contributed by atoms with Gasteiger partial charge in [0.05, 0.1) is 11.9 Å². The van der Waals surface area contributed by atoms with Gasteiger partial charge in [0.15, 0.2) is 0 Å². The molecule has 1 saturated heterocycles. The molecule has 0 spiro atoms. The zero-order valence-corrected chi connectivity index (χ0v) is 7.05. The first-order valence-corrected chi connectivity index (χ1v) is 4.71. The number of anilines is 1. The lowest BCUT2D eigenvalue weighted by Gasteiger charge is -2.14. The molecule has 0 aliphatic carbocycles. The minimum atomic E-state index is 1.16. The van der Waals surface area contributed by atoms with E-state index in [9.17, 15) is 0 Å². The second-order valence-corrected chi connectivity index (χ2v) is 3.61. The molecular formula is C8H10N2S. The van der Waals surface area contributed by atoms with Gasteiger partial charge in [-0.2, -0.15) is 0 Å². The van der Waals surface area contributed by atoms with E-state index in [1.54, 1.807) is 0 Å². The second kappa shape index (κ2) is 3.13. The standard InChI is InChI=1S/C8H10N2S/c1-3-8(7-9-4-1)10-5-2-6-11-10/h1,3-4,7H,2,5-6H2. The normalized spacial score (nSPS) is 17.3. The van der Waals surface area contributed by atoms with Gasteiger partial charge in [0.25, 0.3) is 0 Å². The van der Waals surface area contributed by atoms with Crippen LogP contribution in [0.4, 0.5) is 5.69 Å². The Morgan fingerprint density at radius 2 is 2.55 bits per heavy atom. The Morgan fingerprint density at radius 3 is 3.18 bits per heavy atom. The van der Waals surface area contributed by atoms with E-state index in [1.807, 2.05) is 30.4 Å². The van der Waals surface area contributed by atoms with Crippen LogP contribution in [-0.4, -0.2) is 17.3 Å². The van der Waals surface area contributed by atoms with Crippen molar-refractivity contribution in [2.24, 2.45) is 0 Å². The average Bonchev–Trinajstić information content (AvgIpc) is 2.58. The fourth-order valence-electron chi connectivity index (χ4n) is 1.15. The van der Waals surface area contributed by atoms with Crippen molar-refractivity contribution >= 4 is 17.6 Å². The van der Waals surface area contributed by atoms with E-state index >= 15 is 0 Å². The molecule has 2 nitrogen and oxygen atoms in total. The number of pyridine rings is 1. The van der Waals surface area contributed by atoms with E-state index in [0.29, 0.717) is 0 Å². The summed E-state index contributed by atoms with van der Waals surface area (Å²) in [6.45, 7) is 1.16. The number of nitrogens with zero attached hydrogens (tertiary/aromatic N) is 2. The molecule has 0 radical (unpaired) electrons. The first kappa shape index (κ1) is 6.98. The Bertz CT molecular complexity index is 219. The van der Waals surface area contributed by atoms with Crippen molar-refractivity contribution in [3.05, 3.63) is 24.5 Å². The predicted octanol–water partition coefficient (Wildman–Crippen LogP) is 1.94. The largest absolute Gasteiger partial charge is 0.315 e. The Morgan fingerprint density at radius 1 is 1.55 bits per heavy atom. The lowest BCUT2D eigenvalue weighted by Crippen LogP contribution is -2.08. The summed E-state index contributed by atoms with van der Waals surface area (Å²) in [7, 11) is 0. The predicted molar refractivity (Wildman–Crippen MR) is 48.7 cm³/mol. The Kier molecular flexibility index (Phi) is 1.99. The van der Waals surface area contributed by atoms with Crippen molar-refractivity contribution in [3.8, 4) is 0 Å². The Hall–Kier alpha value is -0.700. The molecule has 1 aromatic rings. The van der Waals surface area contributed by atoms with Gasteiger partial charge in [0.2, 0.25) is 0 Å². The Labute approximate surface area is 70.8 Å². The van der Waals surface area contributed by atoms with Crippen LogP contribution in [0, 0.1) is 0 Å². The van der Waals surface area contributed by atoms with Gasteiger partial charge in [-0.15, -0.1) is 0 Å². The summed E-state index contributed by atoms with van der Waals surface area (Å²) >= 11 is 1.89. The monoisotopic (exact) mass is 166 g/mol. The highest BCUT2D eigenvalue weighted by molar-refractivity contribution is 8.00. The summed E-state index contributed by atoms with van der Waals surface area (Å²) in [4.78, 5) is 4.07. The molecule has 0 amide bonds. The highest BCUT2D eigenvalue weighted by atomic mass is 32.2. The zero-order chi connectivity index (χ0) is 7.52. The molecule has 0 N–H and O–H groups in total. The van der Waals surface area contributed by atoms with Gasteiger partial charge in [-0.05, 0) is 30.5 Å². The topological polar surface area (TPSA) is 16.1 Å². The van der Waals surface area contributed by atoms with E-state index in [2.05, 4.69) is 15.4 Å². The van der Waals surface area contributed by atoms with Gasteiger partial charge in [-0.3, -0.25) is 4.98 Å². The molecule has 2 heterocycles. The van der Waals surface area contributed by atoms with Crippen LogP contribution in [0.25, 0.3) is 0 Å². The maximum absolute atomic E-state index is 4.07. The maximum Gasteiger partial charge on any atom is 0.0653 e. The zero-order valence-electron chi connectivity index (χ0n) is 6.23. The second-order valence-electron chi connectivity index (χ2n) is 2.50. The van der Waals surface area contributed by atoms with E-state index < -0.39 is 0 Å². The third-order valence-corrected chi connectivity index (χ3v) is 2.86. The number of aromatic nitrogens is 1. The molecule has 58 valence electrons. The Balaban J connectivity index is 2.16. The summed E-state index contributed by atoms with van der Waals surface area (Å²) in [5.74, 6) is 1.24. The molecule has 1 fully saturated rings. The summed E-state index contributed by atoms with van der Waals surface area (Å²) in [5.41, 5.74) is 1.23. The van der Waals surface area contributed by atoms with E-state index in [4.69, 9.17) is 0 Å². The minimum absolute atomic E-state index is 1.16. The van der Waals surface area contributed by atoms with Gasteiger partial charge < -0.3 is 4.31 Å². The fourth-order valence-corrected chi connectivity index (χ4v) is 2.15. The smallest absolute Gasteiger partial charge is 0.0653 e. The number of rotatable bonds is 1. The molecule has 1 aromatic heterocycles. The van der Waals surface area contributed by atoms with Crippen molar-refractivity contribution in [1.82, 2.24) is 4.98 Å². The van der Waals surface area contributed by atoms with Crippen molar-refractivity contribution in [2.75, 3.05) is 16.6 Å². The molecule has 0 aromatic carbocycles. The summed E-state index contributed by atoms with van der Waals surface area (Å²) in [6.07, 6.45) is 5.02. The van der Waals surface area contributed by atoms with Crippen molar-refractivity contribution < 1.29 is 0 Å². The highest BCUT2D eigenvalue weighted by Gasteiger charge is 2.12. The molecule has 0 saturated carbocycles. The quantitative estimate of drug-likeness (QED) is 0.593. The molecule has 3 heteroatoms. The fraction of sp³-hybridized carbons (Fsp3) is 0.375. The minimum Gasteiger partial charge on any atom is -0.315 e. The molecule has 0 bridgehead atoms. The summed E-state index contributed by atoms with van der Waals surface area (Å²) < 4.78 is 2.30. The van der Waals surface area contributed by atoms with Crippen LogP contribution < -0.4 is 4.31 Å². The van der Waals surface area contributed by atoms with Crippen LogP contribution in [0.1, 0.15) is 6.42 Å². The SMILES string of the molecule is c1cncc(N2CCCS2)c1. The van der Waals surface area contributed by atoms with Crippen LogP contribution in [0.5, 0.6) is 0 Å². The van der Waals surface area contributed by atoms with Gasteiger partial charge in [0.1, 0.15) is 0 Å². The molecule has 0 atom stereocenters. The first-order valence-electron chi connectivity index (χ1n) is 3.77. The average molecular weight is 166 g/mol. The maximum atomic E-state index is 4.07. The molecule has 1 aliphatic rings. The van der Waals surface area contributed by atoms with Crippen LogP contribution in [0.3, 0.4) is 0 Å². The van der Waals surface area contributed by atoms with Gasteiger partial charge in [-0.25, -0.2) is 0 Å². The summed E-state index contributed by atoms with van der Waals surface area (Å²) in [5, 5.41) is 0. The number of hydrogen-bond donors (Lipinski definition) is 0. The van der Waals surface area contributed by atoms with Crippen molar-refractivity contribution in [2.45, 2.75) is 6.42 Å². The van der Waals surface area contributed by atoms with Crippen LogP contribution in [0.15, 0.2) is 24.5 Å². The van der Waals surface area contributed by atoms with E-state index in [1.165, 1.54) is 17.9 Å². The molecule has 0 unspecified atom stereocenters. The van der Waals surface area contributed by atoms with Gasteiger partial charge >= 0.3 is 0 Å². The van der Waals surface area contributed by atoms with Crippen LogP contribution in [0.2, 0.25) is 0 Å². The molecule has 11 heavy (non-hydrogen) atoms. The van der Waals surface area contributed by atoms with Crippen molar-refractivity contribution in [1.29, 1.82) is 0 Å². The summed E-state index contributed by atoms with van der Waals surface area (Å²) in [6, 6.07) is 4.08.